The highest BCUT2D eigenvalue weighted by molar-refractivity contribution is 5.89. The third-order valence-corrected chi connectivity index (χ3v) is 30.6. The fraction of sp³-hybridized carbons (Fsp3) is 0.883. The van der Waals surface area contributed by atoms with E-state index in [1.807, 2.05) is 0 Å². The molecule has 24 rings (SSSR count). The molecule has 20 saturated carbocycles. The fourth-order valence-corrected chi connectivity index (χ4v) is 28.4. The molecule has 24 fully saturated rings. The summed E-state index contributed by atoms with van der Waals surface area (Å²) in [5.74, 6) is 5.73. The Morgan fingerprint density at radius 3 is 0.843 bits per heavy atom. The Hall–Kier alpha value is -4.63. The summed E-state index contributed by atoms with van der Waals surface area (Å²) in [6.07, 6.45) is 28.5. The van der Waals surface area contributed by atoms with E-state index in [1.54, 1.807) is 40.4 Å². The van der Waals surface area contributed by atoms with E-state index in [9.17, 15) is 65.4 Å². The SMILES string of the molecule is CC(C)(C)OC(=O)NC(C(=O)N1[C@H](C#N)C[C@@H]2C[C@@H]21)C12CC3CC(CC(O)(C3)C1)C2.Cl.Cl.N#C[C@@H]1C[C@@H]2C[C@@H]2N1C(=O)C(N)C12CC3CC(CC(O)(C3)C1)C2.N#C[C@@H]1C[C@@H]2C[C@@H]2N1C(=O)C(N)C12CC3CC(CC(O)(C3)C1)C2.N#C[C@@H]1C[C@@H]2C[C@@H]2N1C(=O)C(N)C12CC3CC(CC(O)(C3)C1)C2.O. The molecular formula is C77H112Cl2N12O11. The average molecular weight is 1450 g/mol. The number of nitrogens with two attached hydrogens (primary N) is 3. The Bertz CT molecular complexity index is 3260. The molecule has 0 aromatic rings. The molecule has 0 spiro atoms. The van der Waals surface area contributed by atoms with E-state index in [2.05, 4.69) is 29.6 Å². The summed E-state index contributed by atoms with van der Waals surface area (Å²) in [6.45, 7) is 5.41. The Kier molecular flexibility index (Phi) is 18.4. The summed E-state index contributed by atoms with van der Waals surface area (Å²) >= 11 is 0. The Labute approximate surface area is 612 Å². The molecule has 24 atom stereocenters. The molecule has 4 saturated heterocycles. The van der Waals surface area contributed by atoms with Gasteiger partial charge in [-0.1, -0.05) is 0 Å². The summed E-state index contributed by atoms with van der Waals surface area (Å²) in [7, 11) is 0. The van der Waals surface area contributed by atoms with Crippen molar-refractivity contribution in [1.29, 1.82) is 21.0 Å². The van der Waals surface area contributed by atoms with Crippen molar-refractivity contribution in [3.63, 3.8) is 0 Å². The summed E-state index contributed by atoms with van der Waals surface area (Å²) in [5, 5.41) is 84.5. The minimum atomic E-state index is -0.750. The first-order chi connectivity index (χ1) is 46.8. The molecule has 5 amide bonds. The van der Waals surface area contributed by atoms with E-state index in [-0.39, 0.29) is 112 Å². The molecule has 102 heavy (non-hydrogen) atoms. The zero-order chi connectivity index (χ0) is 69.4. The zero-order valence-electron chi connectivity index (χ0n) is 59.8. The van der Waals surface area contributed by atoms with E-state index in [1.165, 1.54) is 19.3 Å². The normalized spacial score (nSPS) is 49.4. The lowest BCUT2D eigenvalue weighted by atomic mass is 9.46. The van der Waals surface area contributed by atoms with Crippen LogP contribution in [0, 0.1) is 138 Å². The van der Waals surface area contributed by atoms with Gasteiger partial charge >= 0.3 is 6.09 Å². The van der Waals surface area contributed by atoms with Crippen molar-refractivity contribution in [3.05, 3.63) is 0 Å². The standard InChI is InChI=1S/C23H33N3O4.3C18H25N3O2.2ClH.H2O/c1-21(2,3)30-20(28)25-18(19(27)26-16(11-24)5-15-6-17(15)26)22-7-13-4-14(8-22)10-23(29,9-13)12-22;3*19-8-13-2-12-3-14(12)21(13)16(22)15(20)17-4-10-1-11(5-17)7-18(23,6-10)9-17;;;/h13-18,29H,4-10,12H2,1-3H3,(H,25,28);3*10-15,23H,1-7,9,20H2;2*1H;1H2/t13?,14?,15-,16+,17+,18?,22?,23?;3*10?,11?,12-,13+,14+,15?,17?,18?;;;/m1111.../s1. The zero-order valence-corrected chi connectivity index (χ0v) is 61.5. The van der Waals surface area contributed by atoms with Crippen LogP contribution in [0.25, 0.3) is 0 Å². The molecule has 25 heteroatoms. The summed E-state index contributed by atoms with van der Waals surface area (Å²) in [4.78, 5) is 73.2. The molecule has 13 N–H and O–H groups in total. The number of hydrogen-bond acceptors (Lipinski definition) is 17. The van der Waals surface area contributed by atoms with Crippen LogP contribution >= 0.6 is 24.8 Å². The van der Waals surface area contributed by atoms with Gasteiger partial charge in [-0.25, -0.2) is 4.79 Å². The van der Waals surface area contributed by atoms with E-state index in [4.69, 9.17) is 21.9 Å². The first-order valence-electron chi connectivity index (χ1n) is 38.8. The lowest BCUT2D eigenvalue weighted by Gasteiger charge is -2.62. The number of likely N-dealkylation sites (tertiary alicyclic amines) is 4. The number of piperidine rings is 4. The van der Waals surface area contributed by atoms with Crippen molar-refractivity contribution >= 4 is 54.5 Å². The van der Waals surface area contributed by atoms with Crippen LogP contribution in [-0.4, -0.2) is 176 Å². The molecule has 20 aliphatic carbocycles. The number of aliphatic hydroxyl groups is 4. The van der Waals surface area contributed by atoms with E-state index in [0.717, 1.165) is 161 Å². The maximum Gasteiger partial charge on any atom is 0.408 e. The molecular weight excluding hydrogens is 1340 g/mol. The van der Waals surface area contributed by atoms with E-state index >= 15 is 0 Å². The summed E-state index contributed by atoms with van der Waals surface area (Å²) < 4.78 is 5.51. The van der Waals surface area contributed by atoms with Crippen LogP contribution in [-0.2, 0) is 23.9 Å². The van der Waals surface area contributed by atoms with Gasteiger partial charge in [-0.3, -0.25) is 19.2 Å². The Balaban J connectivity index is 0.000000115. The molecule has 0 aromatic carbocycles. The smallest absolute Gasteiger partial charge is 0.408 e. The molecule has 560 valence electrons. The van der Waals surface area contributed by atoms with Crippen LogP contribution in [0.4, 0.5) is 4.79 Å². The second-order valence-electron chi connectivity index (χ2n) is 39.5. The molecule has 0 radical (unpaired) electrons. The van der Waals surface area contributed by atoms with Crippen LogP contribution in [0.3, 0.4) is 0 Å². The average Bonchev–Trinajstić information content (AvgIpc) is 1.43. The van der Waals surface area contributed by atoms with Gasteiger partial charge in [-0.15, -0.1) is 24.8 Å². The summed E-state index contributed by atoms with van der Waals surface area (Å²) in [6, 6.07) is 6.42. The predicted octanol–water partition coefficient (Wildman–Crippen LogP) is 6.22. The van der Waals surface area contributed by atoms with E-state index in [0.29, 0.717) is 96.7 Å². The third-order valence-electron chi connectivity index (χ3n) is 30.6. The van der Waals surface area contributed by atoms with Crippen LogP contribution in [0.1, 0.15) is 226 Å². The predicted molar refractivity (Wildman–Crippen MR) is 374 cm³/mol. The summed E-state index contributed by atoms with van der Waals surface area (Å²) in [5.41, 5.74) is 15.3. The number of carbonyl (C=O) groups is 5. The topological polar surface area (TPSA) is 405 Å². The Morgan fingerprint density at radius 2 is 0.618 bits per heavy atom. The molecule has 16 bridgehead atoms. The maximum atomic E-state index is 13.9. The molecule has 23 nitrogen and oxygen atoms in total. The van der Waals surface area contributed by atoms with Gasteiger partial charge in [0, 0.05) is 29.6 Å². The number of ether oxygens (including phenoxy) is 1. The monoisotopic (exact) mass is 1450 g/mol. The Morgan fingerprint density at radius 1 is 0.392 bits per heavy atom. The number of fused-ring (bicyclic) bond motifs is 4. The minimum Gasteiger partial charge on any atom is -0.444 e. The number of nitrogens with one attached hydrogen (secondary N) is 1. The first kappa shape index (κ1) is 74.2. The number of alkyl carbamates (subject to hydrolysis) is 1. The van der Waals surface area contributed by atoms with Gasteiger partial charge in [0.05, 0.1) is 64.8 Å². The van der Waals surface area contributed by atoms with Gasteiger partial charge in [0.15, 0.2) is 0 Å². The number of nitrogens with zero attached hydrogens (tertiary/aromatic N) is 8. The van der Waals surface area contributed by atoms with Gasteiger partial charge in [0.25, 0.3) is 0 Å². The first-order valence-corrected chi connectivity index (χ1v) is 38.8. The fourth-order valence-electron chi connectivity index (χ4n) is 28.4. The highest BCUT2D eigenvalue weighted by atomic mass is 35.5. The molecule has 12 unspecified atom stereocenters. The van der Waals surface area contributed by atoms with Gasteiger partial charge in [0.2, 0.25) is 23.6 Å². The highest BCUT2D eigenvalue weighted by Crippen LogP contribution is 2.68. The van der Waals surface area contributed by atoms with Crippen molar-refractivity contribution in [2.75, 3.05) is 0 Å². The second-order valence-corrected chi connectivity index (χ2v) is 39.5. The van der Waals surface area contributed by atoms with Gasteiger partial charge < -0.3 is 72.8 Å². The largest absolute Gasteiger partial charge is 0.444 e. The highest BCUT2D eigenvalue weighted by Gasteiger charge is 2.69. The van der Waals surface area contributed by atoms with Gasteiger partial charge in [-0.2, -0.15) is 21.0 Å². The second kappa shape index (κ2) is 25.2. The minimum absolute atomic E-state index is 0. The number of nitriles is 4. The van der Waals surface area contributed by atoms with Crippen molar-refractivity contribution in [2.24, 2.45) is 110 Å². The molecule has 24 aliphatic rings. The maximum absolute atomic E-state index is 13.9. The quantitative estimate of drug-likeness (QED) is 0.127. The number of hydrogen-bond donors (Lipinski definition) is 8. The van der Waals surface area contributed by atoms with Crippen molar-refractivity contribution in [1.82, 2.24) is 24.9 Å². The number of rotatable bonds is 9. The number of carbonyl (C=O) groups excluding carboxylic acids is 5. The third kappa shape index (κ3) is 12.5. The lowest BCUT2D eigenvalue weighted by molar-refractivity contribution is -0.180. The van der Waals surface area contributed by atoms with Crippen LogP contribution in [0.5, 0.6) is 0 Å². The number of amides is 5. The van der Waals surface area contributed by atoms with Gasteiger partial charge in [0.1, 0.15) is 35.8 Å². The van der Waals surface area contributed by atoms with E-state index < -0.39 is 69.7 Å². The van der Waals surface area contributed by atoms with Crippen molar-refractivity contribution in [3.8, 4) is 24.3 Å². The van der Waals surface area contributed by atoms with Crippen LogP contribution in [0.2, 0.25) is 0 Å². The molecule has 4 heterocycles. The van der Waals surface area contributed by atoms with Crippen molar-refractivity contribution < 1.29 is 54.6 Å². The van der Waals surface area contributed by atoms with Crippen LogP contribution in [0.15, 0.2) is 0 Å². The van der Waals surface area contributed by atoms with Crippen molar-refractivity contribution in [2.45, 2.75) is 327 Å². The molecule has 4 aliphatic heterocycles. The lowest BCUT2D eigenvalue weighted by Crippen LogP contribution is -2.66. The van der Waals surface area contributed by atoms with Gasteiger partial charge in [-0.05, 0) is 313 Å². The van der Waals surface area contributed by atoms with Crippen LogP contribution < -0.4 is 22.5 Å². The number of halogens is 2. The molecule has 0 aromatic heterocycles.